The van der Waals surface area contributed by atoms with Gasteiger partial charge in [0, 0.05) is 12.0 Å². The Kier molecular flexibility index (Phi) is 4.69. The smallest absolute Gasteiger partial charge is 0.161 e. The number of methoxy groups -OCH3 is 1. The molecule has 1 rings (SSSR count). The Bertz CT molecular complexity index is 423. The Morgan fingerprint density at radius 2 is 1.88 bits per heavy atom. The van der Waals surface area contributed by atoms with E-state index in [9.17, 15) is 9.59 Å². The summed E-state index contributed by atoms with van der Waals surface area (Å²) in [5.41, 5.74) is 0.570. The molecule has 1 aromatic rings. The Morgan fingerprint density at radius 3 is 2.41 bits per heavy atom. The van der Waals surface area contributed by atoms with Crippen LogP contribution in [0.15, 0.2) is 18.2 Å². The van der Waals surface area contributed by atoms with E-state index < -0.39 is 0 Å². The molecule has 0 saturated heterocycles. The lowest BCUT2D eigenvalue weighted by molar-refractivity contribution is -0.117. The van der Waals surface area contributed by atoms with Crippen molar-refractivity contribution in [1.82, 2.24) is 0 Å². The predicted octanol–water partition coefficient (Wildman–Crippen LogP) is 2.26. The quantitative estimate of drug-likeness (QED) is 0.711. The fourth-order valence-electron chi connectivity index (χ4n) is 1.31. The van der Waals surface area contributed by atoms with E-state index in [1.54, 1.807) is 18.2 Å². The third-order valence-electron chi connectivity index (χ3n) is 2.28. The molecule has 0 N–H and O–H groups in total. The van der Waals surface area contributed by atoms with Gasteiger partial charge in [-0.1, -0.05) is 0 Å². The first-order valence-electron chi connectivity index (χ1n) is 5.36. The van der Waals surface area contributed by atoms with Crippen molar-refractivity contribution in [2.45, 2.75) is 20.3 Å². The number of hydrogen-bond donors (Lipinski definition) is 0. The number of carbonyl (C=O) groups is 2. The van der Waals surface area contributed by atoms with Gasteiger partial charge < -0.3 is 9.47 Å². The monoisotopic (exact) mass is 236 g/mol. The highest BCUT2D eigenvalue weighted by atomic mass is 16.5. The summed E-state index contributed by atoms with van der Waals surface area (Å²) in [6.07, 6.45) is 0.359. The second-order valence-electron chi connectivity index (χ2n) is 3.72. The number of rotatable bonds is 6. The summed E-state index contributed by atoms with van der Waals surface area (Å²) in [5, 5.41) is 0. The van der Waals surface area contributed by atoms with Crippen LogP contribution in [-0.4, -0.2) is 25.3 Å². The van der Waals surface area contributed by atoms with Crippen LogP contribution in [0.5, 0.6) is 11.5 Å². The summed E-state index contributed by atoms with van der Waals surface area (Å²) in [6, 6.07) is 4.98. The number of hydrogen-bond acceptors (Lipinski definition) is 4. The summed E-state index contributed by atoms with van der Waals surface area (Å²) in [7, 11) is 1.51. The summed E-state index contributed by atoms with van der Waals surface area (Å²) in [4.78, 5) is 22.0. The van der Waals surface area contributed by atoms with Crippen LogP contribution in [0.3, 0.4) is 0 Å². The Balaban J connectivity index is 2.78. The van der Waals surface area contributed by atoms with E-state index in [-0.39, 0.29) is 11.6 Å². The van der Waals surface area contributed by atoms with E-state index in [0.717, 1.165) is 0 Å². The van der Waals surface area contributed by atoms with Crippen LogP contribution < -0.4 is 9.47 Å². The van der Waals surface area contributed by atoms with Crippen LogP contribution in [0.4, 0.5) is 0 Å². The molecule has 92 valence electrons. The second-order valence-corrected chi connectivity index (χ2v) is 3.72. The van der Waals surface area contributed by atoms with Crippen molar-refractivity contribution < 1.29 is 19.1 Å². The minimum Gasteiger partial charge on any atom is -0.493 e. The average Bonchev–Trinajstić information content (AvgIpc) is 2.28. The van der Waals surface area contributed by atoms with Gasteiger partial charge in [-0.25, -0.2) is 0 Å². The first kappa shape index (κ1) is 13.2. The van der Waals surface area contributed by atoms with E-state index in [1.807, 2.05) is 0 Å². The molecule has 4 heteroatoms. The second kappa shape index (κ2) is 6.03. The molecule has 4 nitrogen and oxygen atoms in total. The molecule has 0 aliphatic carbocycles. The molecule has 1 aromatic carbocycles. The maximum atomic E-state index is 11.2. The van der Waals surface area contributed by atoms with Crippen LogP contribution in [0.2, 0.25) is 0 Å². The molecule has 0 saturated carbocycles. The van der Waals surface area contributed by atoms with Crippen molar-refractivity contribution >= 4 is 11.6 Å². The molecule has 0 aromatic heterocycles. The third-order valence-corrected chi connectivity index (χ3v) is 2.28. The molecule has 0 radical (unpaired) electrons. The highest BCUT2D eigenvalue weighted by Crippen LogP contribution is 2.28. The van der Waals surface area contributed by atoms with Crippen molar-refractivity contribution in [1.29, 1.82) is 0 Å². The minimum atomic E-state index is -0.0291. The molecule has 0 unspecified atom stereocenters. The average molecular weight is 236 g/mol. The van der Waals surface area contributed by atoms with Gasteiger partial charge in [-0.05, 0) is 32.0 Å². The lowest BCUT2D eigenvalue weighted by atomic mass is 10.1. The molecule has 0 aliphatic heterocycles. The van der Waals surface area contributed by atoms with Gasteiger partial charge in [0.05, 0.1) is 13.7 Å². The Hall–Kier alpha value is -1.84. The van der Waals surface area contributed by atoms with Gasteiger partial charge >= 0.3 is 0 Å². The number of carbonyl (C=O) groups excluding carboxylic acids is 2. The van der Waals surface area contributed by atoms with E-state index in [4.69, 9.17) is 9.47 Å². The first-order chi connectivity index (χ1) is 8.04. The maximum Gasteiger partial charge on any atom is 0.161 e. The SMILES string of the molecule is COc1cc(C(C)=O)ccc1OCCC(C)=O. The van der Waals surface area contributed by atoms with Crippen molar-refractivity contribution in [3.63, 3.8) is 0 Å². The first-order valence-corrected chi connectivity index (χ1v) is 5.36. The molecule has 0 fully saturated rings. The van der Waals surface area contributed by atoms with Crippen LogP contribution in [0, 0.1) is 0 Å². The van der Waals surface area contributed by atoms with Crippen LogP contribution in [-0.2, 0) is 4.79 Å². The van der Waals surface area contributed by atoms with E-state index in [0.29, 0.717) is 30.1 Å². The van der Waals surface area contributed by atoms with E-state index >= 15 is 0 Å². The normalized spacial score (nSPS) is 9.82. The largest absolute Gasteiger partial charge is 0.493 e. The van der Waals surface area contributed by atoms with Gasteiger partial charge in [-0.3, -0.25) is 9.59 Å². The predicted molar refractivity (Wildman–Crippen MR) is 63.8 cm³/mol. The Morgan fingerprint density at radius 1 is 1.18 bits per heavy atom. The van der Waals surface area contributed by atoms with Crippen LogP contribution >= 0.6 is 0 Å². The number of ether oxygens (including phenoxy) is 2. The molecule has 17 heavy (non-hydrogen) atoms. The van der Waals surface area contributed by atoms with Crippen LogP contribution in [0.1, 0.15) is 30.6 Å². The summed E-state index contributed by atoms with van der Waals surface area (Å²) in [6.45, 7) is 3.32. The lowest BCUT2D eigenvalue weighted by Gasteiger charge is -2.10. The topological polar surface area (TPSA) is 52.6 Å². The van der Waals surface area contributed by atoms with Crippen LogP contribution in [0.25, 0.3) is 0 Å². The number of ketones is 2. The molecule has 0 spiro atoms. The van der Waals surface area contributed by atoms with Gasteiger partial charge in [-0.15, -0.1) is 0 Å². The minimum absolute atomic E-state index is 0.0291. The van der Waals surface area contributed by atoms with Crippen molar-refractivity contribution in [3.05, 3.63) is 23.8 Å². The maximum absolute atomic E-state index is 11.2. The number of benzene rings is 1. The lowest BCUT2D eigenvalue weighted by Crippen LogP contribution is -2.04. The van der Waals surface area contributed by atoms with Gasteiger partial charge in [0.15, 0.2) is 17.3 Å². The Labute approximate surface area is 101 Å². The fraction of sp³-hybridized carbons (Fsp3) is 0.385. The third kappa shape index (κ3) is 3.90. The zero-order valence-electron chi connectivity index (χ0n) is 10.3. The standard InChI is InChI=1S/C13H16O4/c1-9(14)6-7-17-12-5-4-11(10(2)15)8-13(12)16-3/h4-5,8H,6-7H2,1-3H3. The molecule has 0 amide bonds. The van der Waals surface area contributed by atoms with Gasteiger partial charge in [0.1, 0.15) is 5.78 Å². The molecular formula is C13H16O4. The highest BCUT2D eigenvalue weighted by Gasteiger charge is 2.08. The fourth-order valence-corrected chi connectivity index (χ4v) is 1.31. The highest BCUT2D eigenvalue weighted by molar-refractivity contribution is 5.94. The van der Waals surface area contributed by atoms with Crippen molar-refractivity contribution in [2.24, 2.45) is 0 Å². The van der Waals surface area contributed by atoms with Gasteiger partial charge in [-0.2, -0.15) is 0 Å². The van der Waals surface area contributed by atoms with E-state index in [2.05, 4.69) is 0 Å². The summed E-state index contributed by atoms with van der Waals surface area (Å²) in [5.74, 6) is 1.09. The molecule has 0 bridgehead atoms. The summed E-state index contributed by atoms with van der Waals surface area (Å²) < 4.78 is 10.5. The molecular weight excluding hydrogens is 220 g/mol. The van der Waals surface area contributed by atoms with E-state index in [1.165, 1.54) is 21.0 Å². The van der Waals surface area contributed by atoms with Gasteiger partial charge in [0.2, 0.25) is 0 Å². The van der Waals surface area contributed by atoms with Crippen molar-refractivity contribution in [2.75, 3.05) is 13.7 Å². The summed E-state index contributed by atoms with van der Waals surface area (Å²) >= 11 is 0. The molecule has 0 atom stereocenters. The number of Topliss-reactive ketones (excluding diaryl/α,β-unsaturated/α-hetero) is 2. The zero-order valence-corrected chi connectivity index (χ0v) is 10.3. The zero-order chi connectivity index (χ0) is 12.8. The molecule has 0 heterocycles. The van der Waals surface area contributed by atoms with Crippen molar-refractivity contribution in [3.8, 4) is 11.5 Å². The van der Waals surface area contributed by atoms with Gasteiger partial charge in [0.25, 0.3) is 0 Å². The molecule has 0 aliphatic rings.